The van der Waals surface area contributed by atoms with Gasteiger partial charge < -0.3 is 10.4 Å². The standard InChI is InChI=1S/C13H13ClN2O2S/c1-2-9-6-16-12(19-9)7-15-11-4-3-8(14)5-10(11)13(17)18/h3-6,15H,2,7H2,1H3,(H,17,18). The molecule has 0 unspecified atom stereocenters. The highest BCUT2D eigenvalue weighted by atomic mass is 35.5. The Morgan fingerprint density at radius 3 is 2.95 bits per heavy atom. The number of hydrogen-bond acceptors (Lipinski definition) is 4. The van der Waals surface area contributed by atoms with Crippen LogP contribution in [0.25, 0.3) is 0 Å². The van der Waals surface area contributed by atoms with Gasteiger partial charge in [0.15, 0.2) is 0 Å². The van der Waals surface area contributed by atoms with E-state index >= 15 is 0 Å². The van der Waals surface area contributed by atoms with Crippen LogP contribution in [0.2, 0.25) is 5.02 Å². The van der Waals surface area contributed by atoms with Crippen LogP contribution < -0.4 is 5.32 Å². The summed E-state index contributed by atoms with van der Waals surface area (Å²) in [7, 11) is 0. The van der Waals surface area contributed by atoms with Gasteiger partial charge in [0.2, 0.25) is 0 Å². The molecule has 0 aliphatic heterocycles. The van der Waals surface area contributed by atoms with Gasteiger partial charge in [-0.25, -0.2) is 9.78 Å². The van der Waals surface area contributed by atoms with Gasteiger partial charge in [0.25, 0.3) is 0 Å². The molecule has 0 radical (unpaired) electrons. The molecular formula is C13H13ClN2O2S. The predicted molar refractivity (Wildman–Crippen MR) is 77.2 cm³/mol. The van der Waals surface area contributed by atoms with Crippen LogP contribution >= 0.6 is 22.9 Å². The fraction of sp³-hybridized carbons (Fsp3) is 0.231. The molecule has 2 rings (SSSR count). The number of hydrogen-bond donors (Lipinski definition) is 2. The van der Waals surface area contributed by atoms with Crippen molar-refractivity contribution < 1.29 is 9.90 Å². The molecule has 1 aromatic heterocycles. The van der Waals surface area contributed by atoms with Crippen molar-refractivity contribution in [2.24, 2.45) is 0 Å². The van der Waals surface area contributed by atoms with E-state index in [-0.39, 0.29) is 5.56 Å². The van der Waals surface area contributed by atoms with Gasteiger partial charge in [0, 0.05) is 21.8 Å². The van der Waals surface area contributed by atoms with E-state index in [1.54, 1.807) is 23.5 Å². The lowest BCUT2D eigenvalue weighted by atomic mass is 10.2. The minimum absolute atomic E-state index is 0.166. The Hall–Kier alpha value is -1.59. The Morgan fingerprint density at radius 2 is 2.32 bits per heavy atom. The number of nitrogens with one attached hydrogen (secondary N) is 1. The molecule has 0 saturated carbocycles. The Morgan fingerprint density at radius 1 is 1.53 bits per heavy atom. The summed E-state index contributed by atoms with van der Waals surface area (Å²) in [6, 6.07) is 4.77. The fourth-order valence-electron chi connectivity index (χ4n) is 1.61. The van der Waals surface area contributed by atoms with Crippen molar-refractivity contribution in [3.63, 3.8) is 0 Å². The van der Waals surface area contributed by atoms with Crippen LogP contribution in [0, 0.1) is 0 Å². The molecule has 0 spiro atoms. The monoisotopic (exact) mass is 296 g/mol. The summed E-state index contributed by atoms with van der Waals surface area (Å²) >= 11 is 7.42. The van der Waals surface area contributed by atoms with Gasteiger partial charge in [0.1, 0.15) is 5.01 Å². The molecule has 0 atom stereocenters. The fourth-order valence-corrected chi connectivity index (χ4v) is 2.59. The molecule has 2 aromatic rings. The molecule has 0 bridgehead atoms. The third kappa shape index (κ3) is 3.45. The summed E-state index contributed by atoms with van der Waals surface area (Å²) in [6.45, 7) is 2.58. The van der Waals surface area contributed by atoms with Crippen LogP contribution in [0.1, 0.15) is 27.2 Å². The summed E-state index contributed by atoms with van der Waals surface area (Å²) in [5, 5.41) is 13.5. The zero-order valence-electron chi connectivity index (χ0n) is 10.3. The molecule has 1 aromatic carbocycles. The molecule has 0 fully saturated rings. The van der Waals surface area contributed by atoms with Crippen LogP contribution in [-0.4, -0.2) is 16.1 Å². The average molecular weight is 297 g/mol. The maximum Gasteiger partial charge on any atom is 0.337 e. The van der Waals surface area contributed by atoms with Gasteiger partial charge in [0.05, 0.1) is 12.1 Å². The highest BCUT2D eigenvalue weighted by molar-refractivity contribution is 7.11. The third-order valence-electron chi connectivity index (χ3n) is 2.59. The van der Waals surface area contributed by atoms with Crippen molar-refractivity contribution in [1.82, 2.24) is 4.98 Å². The highest BCUT2D eigenvalue weighted by Gasteiger charge is 2.11. The van der Waals surface area contributed by atoms with Crippen LogP contribution in [0.15, 0.2) is 24.4 Å². The van der Waals surface area contributed by atoms with Crippen molar-refractivity contribution >= 4 is 34.6 Å². The Balaban J connectivity index is 2.12. The predicted octanol–water partition coefficient (Wildman–Crippen LogP) is 3.67. The van der Waals surface area contributed by atoms with Crippen molar-refractivity contribution in [3.8, 4) is 0 Å². The molecule has 4 nitrogen and oxygen atoms in total. The Bertz CT molecular complexity index is 598. The van der Waals surface area contributed by atoms with E-state index in [1.165, 1.54) is 10.9 Å². The number of aryl methyl sites for hydroxylation is 1. The largest absolute Gasteiger partial charge is 0.478 e. The minimum atomic E-state index is -1.00. The molecule has 0 aliphatic carbocycles. The second kappa shape index (κ2) is 6.04. The van der Waals surface area contributed by atoms with Crippen molar-refractivity contribution in [2.45, 2.75) is 19.9 Å². The summed E-state index contributed by atoms with van der Waals surface area (Å²) in [4.78, 5) is 16.6. The van der Waals surface area contributed by atoms with Gasteiger partial charge in [-0.05, 0) is 24.6 Å². The number of aromatic carboxylic acids is 1. The first-order valence-electron chi connectivity index (χ1n) is 5.80. The van der Waals surface area contributed by atoms with E-state index in [2.05, 4.69) is 17.2 Å². The van der Waals surface area contributed by atoms with Crippen LogP contribution in [0.5, 0.6) is 0 Å². The maximum absolute atomic E-state index is 11.1. The van der Waals surface area contributed by atoms with E-state index in [0.717, 1.165) is 11.4 Å². The first kappa shape index (κ1) is 13.8. The number of rotatable bonds is 5. The molecule has 6 heteroatoms. The first-order chi connectivity index (χ1) is 9.10. The SMILES string of the molecule is CCc1cnc(CNc2ccc(Cl)cc2C(=O)O)s1. The number of halogens is 1. The molecular weight excluding hydrogens is 284 g/mol. The Kier molecular flexibility index (Phi) is 4.39. The van der Waals surface area contributed by atoms with E-state index in [4.69, 9.17) is 16.7 Å². The second-order valence-electron chi connectivity index (χ2n) is 3.92. The normalized spacial score (nSPS) is 10.4. The quantitative estimate of drug-likeness (QED) is 0.884. The zero-order valence-corrected chi connectivity index (χ0v) is 11.9. The summed E-state index contributed by atoms with van der Waals surface area (Å²) in [5.74, 6) is -1.00. The van der Waals surface area contributed by atoms with Crippen LogP contribution in [-0.2, 0) is 13.0 Å². The lowest BCUT2D eigenvalue weighted by molar-refractivity contribution is 0.0698. The molecule has 0 saturated heterocycles. The van der Waals surface area contributed by atoms with Crippen molar-refractivity contribution in [2.75, 3.05) is 5.32 Å². The third-order valence-corrected chi connectivity index (χ3v) is 3.97. The number of thiazole rings is 1. The summed E-state index contributed by atoms with van der Waals surface area (Å²) in [5.41, 5.74) is 0.713. The molecule has 0 aliphatic rings. The lowest BCUT2D eigenvalue weighted by Crippen LogP contribution is -2.06. The molecule has 2 N–H and O–H groups in total. The minimum Gasteiger partial charge on any atom is -0.478 e. The number of carbonyl (C=O) groups is 1. The topological polar surface area (TPSA) is 62.2 Å². The van der Waals surface area contributed by atoms with E-state index in [1.807, 2.05) is 6.20 Å². The number of aromatic nitrogens is 1. The van der Waals surface area contributed by atoms with Crippen LogP contribution in [0.4, 0.5) is 5.69 Å². The number of anilines is 1. The van der Waals surface area contributed by atoms with Gasteiger partial charge in [-0.1, -0.05) is 18.5 Å². The van der Waals surface area contributed by atoms with Gasteiger partial charge in [-0.3, -0.25) is 0 Å². The van der Waals surface area contributed by atoms with Crippen LogP contribution in [0.3, 0.4) is 0 Å². The second-order valence-corrected chi connectivity index (χ2v) is 5.56. The molecule has 19 heavy (non-hydrogen) atoms. The van der Waals surface area contributed by atoms with Gasteiger partial charge >= 0.3 is 5.97 Å². The Labute approximate surface area is 120 Å². The highest BCUT2D eigenvalue weighted by Crippen LogP contribution is 2.22. The lowest BCUT2D eigenvalue weighted by Gasteiger charge is -2.08. The van der Waals surface area contributed by atoms with E-state index < -0.39 is 5.97 Å². The molecule has 1 heterocycles. The zero-order chi connectivity index (χ0) is 13.8. The summed E-state index contributed by atoms with van der Waals surface area (Å²) in [6.07, 6.45) is 2.81. The van der Waals surface area contributed by atoms with Gasteiger partial charge in [-0.2, -0.15) is 0 Å². The van der Waals surface area contributed by atoms with E-state index in [9.17, 15) is 4.79 Å². The maximum atomic E-state index is 11.1. The van der Waals surface area contributed by atoms with Gasteiger partial charge in [-0.15, -0.1) is 11.3 Å². The average Bonchev–Trinajstić information content (AvgIpc) is 2.85. The summed E-state index contributed by atoms with van der Waals surface area (Å²) < 4.78 is 0. The number of benzene rings is 1. The van der Waals surface area contributed by atoms with E-state index in [0.29, 0.717) is 17.3 Å². The molecule has 100 valence electrons. The molecule has 0 amide bonds. The number of carboxylic acids is 1. The smallest absolute Gasteiger partial charge is 0.337 e. The van der Waals surface area contributed by atoms with Crippen molar-refractivity contribution in [1.29, 1.82) is 0 Å². The first-order valence-corrected chi connectivity index (χ1v) is 7.00. The van der Waals surface area contributed by atoms with Crippen molar-refractivity contribution in [3.05, 3.63) is 44.9 Å². The number of carboxylic acid groups (broad SMARTS) is 1. The number of nitrogens with zero attached hydrogens (tertiary/aromatic N) is 1.